The van der Waals surface area contributed by atoms with Crippen molar-refractivity contribution in [2.75, 3.05) is 24.6 Å². The SMILES string of the molecule is Cc1cc(F)ccc1S(=O)(=O)NC1CCN(C2CCS(=O)(=O)C2)CC1. The minimum Gasteiger partial charge on any atom is -0.299 e. The number of sulfonamides is 1. The van der Waals surface area contributed by atoms with Crippen LogP contribution in [-0.4, -0.2) is 58.4 Å². The van der Waals surface area contributed by atoms with E-state index in [1.807, 2.05) is 0 Å². The summed E-state index contributed by atoms with van der Waals surface area (Å²) in [6.07, 6.45) is 1.93. The van der Waals surface area contributed by atoms with Crippen LogP contribution in [0, 0.1) is 12.7 Å². The number of nitrogens with one attached hydrogen (secondary N) is 1. The molecule has 1 aromatic rings. The molecule has 1 aromatic carbocycles. The lowest BCUT2D eigenvalue weighted by atomic mass is 10.0. The third-order valence-electron chi connectivity index (χ3n) is 5.00. The van der Waals surface area contributed by atoms with Crippen LogP contribution >= 0.6 is 0 Å². The Morgan fingerprint density at radius 1 is 1.20 bits per heavy atom. The molecule has 1 unspecified atom stereocenters. The molecule has 2 heterocycles. The maximum atomic E-state index is 13.2. The highest BCUT2D eigenvalue weighted by molar-refractivity contribution is 7.91. The standard InChI is InChI=1S/C16H23FN2O4S2/c1-12-10-13(17)2-3-16(12)25(22,23)18-14-4-7-19(8-5-14)15-6-9-24(20,21)11-15/h2-3,10,14-15,18H,4-9,11H2,1H3. The number of hydrogen-bond acceptors (Lipinski definition) is 5. The molecule has 3 rings (SSSR count). The van der Waals surface area contributed by atoms with Crippen LogP contribution < -0.4 is 4.72 Å². The van der Waals surface area contributed by atoms with Crippen LogP contribution in [0.2, 0.25) is 0 Å². The second kappa shape index (κ2) is 6.94. The predicted molar refractivity (Wildman–Crippen MR) is 93.1 cm³/mol. The number of piperidine rings is 1. The van der Waals surface area contributed by atoms with E-state index in [9.17, 15) is 21.2 Å². The zero-order valence-corrected chi connectivity index (χ0v) is 15.7. The normalized spacial score (nSPS) is 25.3. The van der Waals surface area contributed by atoms with E-state index in [0.29, 0.717) is 37.9 Å². The number of rotatable bonds is 4. The fraction of sp³-hybridized carbons (Fsp3) is 0.625. The third kappa shape index (κ3) is 4.39. The van der Waals surface area contributed by atoms with Crippen molar-refractivity contribution in [3.8, 4) is 0 Å². The molecule has 140 valence electrons. The van der Waals surface area contributed by atoms with Crippen molar-refractivity contribution in [3.63, 3.8) is 0 Å². The molecule has 2 aliphatic rings. The fourth-order valence-electron chi connectivity index (χ4n) is 3.64. The van der Waals surface area contributed by atoms with E-state index in [1.54, 1.807) is 6.92 Å². The van der Waals surface area contributed by atoms with Gasteiger partial charge in [-0.25, -0.2) is 25.9 Å². The number of hydrogen-bond donors (Lipinski definition) is 1. The molecule has 1 atom stereocenters. The highest BCUT2D eigenvalue weighted by atomic mass is 32.2. The minimum absolute atomic E-state index is 0.0573. The van der Waals surface area contributed by atoms with Crippen LogP contribution in [0.4, 0.5) is 4.39 Å². The van der Waals surface area contributed by atoms with Crippen LogP contribution in [0.5, 0.6) is 0 Å². The molecule has 0 aliphatic carbocycles. The number of halogens is 1. The van der Waals surface area contributed by atoms with E-state index in [-0.39, 0.29) is 28.5 Å². The summed E-state index contributed by atoms with van der Waals surface area (Å²) in [5, 5.41) is 0. The molecule has 0 spiro atoms. The van der Waals surface area contributed by atoms with E-state index >= 15 is 0 Å². The highest BCUT2D eigenvalue weighted by Crippen LogP contribution is 2.23. The number of aryl methyl sites for hydroxylation is 1. The van der Waals surface area contributed by atoms with Crippen molar-refractivity contribution in [2.45, 2.75) is 43.2 Å². The number of nitrogens with zero attached hydrogens (tertiary/aromatic N) is 1. The minimum atomic E-state index is -3.69. The van der Waals surface area contributed by atoms with Gasteiger partial charge in [0.05, 0.1) is 16.4 Å². The smallest absolute Gasteiger partial charge is 0.241 e. The van der Waals surface area contributed by atoms with E-state index in [4.69, 9.17) is 0 Å². The first kappa shape index (κ1) is 18.8. The molecule has 2 aliphatic heterocycles. The number of sulfone groups is 1. The summed E-state index contributed by atoms with van der Waals surface area (Å²) >= 11 is 0. The Morgan fingerprint density at radius 3 is 2.44 bits per heavy atom. The Bertz CT molecular complexity index is 847. The first-order valence-corrected chi connectivity index (χ1v) is 11.7. The molecule has 2 saturated heterocycles. The molecule has 0 saturated carbocycles. The summed E-state index contributed by atoms with van der Waals surface area (Å²) in [7, 11) is -6.61. The lowest BCUT2D eigenvalue weighted by Gasteiger charge is -2.35. The van der Waals surface area contributed by atoms with E-state index in [0.717, 1.165) is 6.07 Å². The van der Waals surface area contributed by atoms with E-state index < -0.39 is 25.7 Å². The summed E-state index contributed by atoms with van der Waals surface area (Å²) in [4.78, 5) is 2.25. The molecule has 6 nitrogen and oxygen atoms in total. The molecule has 9 heteroatoms. The van der Waals surface area contributed by atoms with Gasteiger partial charge in [-0.3, -0.25) is 4.90 Å². The van der Waals surface area contributed by atoms with Gasteiger partial charge in [-0.05, 0) is 63.0 Å². The average molecular weight is 391 g/mol. The summed E-state index contributed by atoms with van der Waals surface area (Å²) in [5.74, 6) is -0.0112. The monoisotopic (exact) mass is 390 g/mol. The van der Waals surface area contributed by atoms with Gasteiger partial charge in [-0.2, -0.15) is 0 Å². The van der Waals surface area contributed by atoms with Crippen molar-refractivity contribution < 1.29 is 21.2 Å². The molecule has 1 N–H and O–H groups in total. The highest BCUT2D eigenvalue weighted by Gasteiger charge is 2.34. The van der Waals surface area contributed by atoms with Gasteiger partial charge >= 0.3 is 0 Å². The molecule has 0 bridgehead atoms. The van der Waals surface area contributed by atoms with Gasteiger partial charge in [-0.15, -0.1) is 0 Å². The Morgan fingerprint density at radius 2 is 1.88 bits per heavy atom. The summed E-state index contributed by atoms with van der Waals surface area (Å²) < 4.78 is 64.1. The Hall–Kier alpha value is -1.03. The van der Waals surface area contributed by atoms with Crippen molar-refractivity contribution in [1.29, 1.82) is 0 Å². The maximum Gasteiger partial charge on any atom is 0.241 e. The molecule has 25 heavy (non-hydrogen) atoms. The largest absolute Gasteiger partial charge is 0.299 e. The Labute approximate surface area is 148 Å². The zero-order chi connectivity index (χ0) is 18.2. The summed E-state index contributed by atoms with van der Waals surface area (Å²) in [6.45, 7) is 2.92. The van der Waals surface area contributed by atoms with Gasteiger partial charge in [0.15, 0.2) is 9.84 Å². The third-order valence-corrected chi connectivity index (χ3v) is 8.43. The Kier molecular flexibility index (Phi) is 5.21. The second-order valence-electron chi connectivity index (χ2n) is 6.90. The molecular weight excluding hydrogens is 367 g/mol. The summed E-state index contributed by atoms with van der Waals surface area (Å²) in [5.41, 5.74) is 0.376. The quantitative estimate of drug-likeness (QED) is 0.831. The van der Waals surface area contributed by atoms with Crippen molar-refractivity contribution in [2.24, 2.45) is 0 Å². The van der Waals surface area contributed by atoms with Gasteiger partial charge in [0.1, 0.15) is 5.82 Å². The molecule has 0 amide bonds. The molecule has 2 fully saturated rings. The first-order valence-electron chi connectivity index (χ1n) is 8.39. The maximum absolute atomic E-state index is 13.2. The van der Waals surface area contributed by atoms with Crippen molar-refractivity contribution in [3.05, 3.63) is 29.6 Å². The van der Waals surface area contributed by atoms with Crippen LogP contribution in [0.3, 0.4) is 0 Å². The number of benzene rings is 1. The fourth-order valence-corrected chi connectivity index (χ4v) is 6.94. The first-order chi connectivity index (χ1) is 11.7. The number of likely N-dealkylation sites (tertiary alicyclic amines) is 1. The van der Waals surface area contributed by atoms with Gasteiger partial charge in [0, 0.05) is 12.1 Å². The van der Waals surface area contributed by atoms with Gasteiger partial charge in [-0.1, -0.05) is 0 Å². The lowest BCUT2D eigenvalue weighted by molar-refractivity contribution is 0.161. The average Bonchev–Trinajstić information content (AvgIpc) is 2.87. The zero-order valence-electron chi connectivity index (χ0n) is 14.1. The van der Waals surface area contributed by atoms with E-state index in [2.05, 4.69) is 9.62 Å². The van der Waals surface area contributed by atoms with Crippen molar-refractivity contribution >= 4 is 19.9 Å². The van der Waals surface area contributed by atoms with Crippen molar-refractivity contribution in [1.82, 2.24) is 9.62 Å². The molecular formula is C16H23FN2O4S2. The Balaban J connectivity index is 1.60. The van der Waals surface area contributed by atoms with Crippen LogP contribution in [0.15, 0.2) is 23.1 Å². The predicted octanol–water partition coefficient (Wildman–Crippen LogP) is 1.06. The van der Waals surface area contributed by atoms with Crippen LogP contribution in [-0.2, 0) is 19.9 Å². The molecule has 0 radical (unpaired) electrons. The lowest BCUT2D eigenvalue weighted by Crippen LogP contribution is -2.48. The topological polar surface area (TPSA) is 83.6 Å². The summed E-state index contributed by atoms with van der Waals surface area (Å²) in [6, 6.07) is 3.50. The van der Waals surface area contributed by atoms with Crippen LogP contribution in [0.25, 0.3) is 0 Å². The molecule has 0 aromatic heterocycles. The van der Waals surface area contributed by atoms with Gasteiger partial charge in [0.25, 0.3) is 0 Å². The van der Waals surface area contributed by atoms with E-state index in [1.165, 1.54) is 12.1 Å². The van der Waals surface area contributed by atoms with Crippen LogP contribution in [0.1, 0.15) is 24.8 Å². The van der Waals surface area contributed by atoms with Gasteiger partial charge < -0.3 is 0 Å². The van der Waals surface area contributed by atoms with Gasteiger partial charge in [0.2, 0.25) is 10.0 Å². The second-order valence-corrected chi connectivity index (χ2v) is 10.8.